The van der Waals surface area contributed by atoms with Crippen LogP contribution in [0.3, 0.4) is 0 Å². The first kappa shape index (κ1) is 12.8. The van der Waals surface area contributed by atoms with Crippen molar-refractivity contribution in [1.29, 1.82) is 0 Å². The van der Waals surface area contributed by atoms with Crippen molar-refractivity contribution in [3.8, 4) is 0 Å². The highest BCUT2D eigenvalue weighted by atomic mass is 16.2. The summed E-state index contributed by atoms with van der Waals surface area (Å²) in [5.74, 6) is 0.196. The first-order chi connectivity index (χ1) is 8.74. The van der Waals surface area contributed by atoms with Crippen molar-refractivity contribution in [1.82, 2.24) is 4.90 Å². The third kappa shape index (κ3) is 2.61. The van der Waals surface area contributed by atoms with Crippen LogP contribution in [-0.4, -0.2) is 29.2 Å². The lowest BCUT2D eigenvalue weighted by molar-refractivity contribution is -0.131. The first-order valence-electron chi connectivity index (χ1n) is 6.62. The summed E-state index contributed by atoms with van der Waals surface area (Å²) in [5.41, 5.74) is 0.707. The maximum atomic E-state index is 12.4. The van der Waals surface area contributed by atoms with Gasteiger partial charge in [-0.15, -0.1) is 0 Å². The molecule has 1 atom stereocenters. The quantitative estimate of drug-likeness (QED) is 0.765. The molecule has 1 fully saturated rings. The van der Waals surface area contributed by atoms with E-state index >= 15 is 0 Å². The van der Waals surface area contributed by atoms with E-state index in [1.165, 1.54) is 0 Å². The van der Waals surface area contributed by atoms with E-state index in [9.17, 15) is 9.59 Å². The van der Waals surface area contributed by atoms with Gasteiger partial charge in [0.15, 0.2) is 5.78 Å². The van der Waals surface area contributed by atoms with Crippen LogP contribution < -0.4 is 0 Å². The van der Waals surface area contributed by atoms with Crippen LogP contribution >= 0.6 is 0 Å². The Kier molecular flexibility index (Phi) is 4.13. The van der Waals surface area contributed by atoms with Gasteiger partial charge >= 0.3 is 0 Å². The van der Waals surface area contributed by atoms with Gasteiger partial charge in [0.05, 0.1) is 6.04 Å². The summed E-state index contributed by atoms with van der Waals surface area (Å²) in [6.45, 7) is 2.71. The fourth-order valence-corrected chi connectivity index (χ4v) is 2.49. The summed E-state index contributed by atoms with van der Waals surface area (Å²) < 4.78 is 0. The molecular formula is C15H19NO2. The van der Waals surface area contributed by atoms with Crippen molar-refractivity contribution in [3.05, 3.63) is 35.9 Å². The molecule has 0 saturated carbocycles. The largest absolute Gasteiger partial charge is 0.332 e. The van der Waals surface area contributed by atoms with Crippen molar-refractivity contribution in [2.24, 2.45) is 0 Å². The molecule has 1 aromatic carbocycles. The van der Waals surface area contributed by atoms with E-state index in [2.05, 4.69) is 0 Å². The van der Waals surface area contributed by atoms with Gasteiger partial charge in [0.1, 0.15) is 0 Å². The smallest absolute Gasteiger partial charge is 0.223 e. The number of rotatable bonds is 4. The lowest BCUT2D eigenvalue weighted by Crippen LogP contribution is -2.40. The molecule has 0 N–H and O–H groups in total. The highest BCUT2D eigenvalue weighted by Crippen LogP contribution is 2.22. The summed E-state index contributed by atoms with van der Waals surface area (Å²) >= 11 is 0. The Morgan fingerprint density at radius 3 is 2.67 bits per heavy atom. The zero-order valence-electron chi connectivity index (χ0n) is 10.8. The summed E-state index contributed by atoms with van der Waals surface area (Å²) in [6, 6.07) is 9.02. The molecule has 3 nitrogen and oxygen atoms in total. The number of likely N-dealkylation sites (tertiary alicyclic amines) is 1. The van der Waals surface area contributed by atoms with Crippen LogP contribution in [0.4, 0.5) is 0 Å². The molecule has 2 rings (SSSR count). The van der Waals surface area contributed by atoms with Crippen molar-refractivity contribution < 1.29 is 9.59 Å². The predicted octanol–water partition coefficient (Wildman–Crippen LogP) is 2.66. The Balaban J connectivity index is 2.12. The topological polar surface area (TPSA) is 37.4 Å². The average molecular weight is 245 g/mol. The Bertz CT molecular complexity index is 427. The number of benzene rings is 1. The number of carbonyl (C=O) groups is 2. The summed E-state index contributed by atoms with van der Waals surface area (Å²) in [7, 11) is 0. The monoisotopic (exact) mass is 245 g/mol. The van der Waals surface area contributed by atoms with Gasteiger partial charge in [-0.2, -0.15) is 0 Å². The minimum Gasteiger partial charge on any atom is -0.332 e. The van der Waals surface area contributed by atoms with E-state index in [0.717, 1.165) is 25.8 Å². The summed E-state index contributed by atoms with van der Waals surface area (Å²) in [4.78, 5) is 26.1. The third-order valence-corrected chi connectivity index (χ3v) is 3.40. The maximum Gasteiger partial charge on any atom is 0.223 e. The molecule has 1 unspecified atom stereocenters. The van der Waals surface area contributed by atoms with E-state index in [1.54, 1.807) is 4.90 Å². The highest BCUT2D eigenvalue weighted by molar-refractivity contribution is 6.02. The molecule has 1 heterocycles. The Hall–Kier alpha value is -1.64. The maximum absolute atomic E-state index is 12.4. The minimum absolute atomic E-state index is 0.0811. The number of carbonyl (C=O) groups excluding carboxylic acids is 2. The van der Waals surface area contributed by atoms with Crippen LogP contribution in [0.5, 0.6) is 0 Å². The summed E-state index contributed by atoms with van der Waals surface area (Å²) in [6.07, 6.45) is 3.10. The van der Waals surface area contributed by atoms with Crippen molar-refractivity contribution in [3.63, 3.8) is 0 Å². The van der Waals surface area contributed by atoms with Crippen LogP contribution in [0.15, 0.2) is 30.3 Å². The highest BCUT2D eigenvalue weighted by Gasteiger charge is 2.33. The van der Waals surface area contributed by atoms with Gasteiger partial charge in [-0.3, -0.25) is 9.59 Å². The van der Waals surface area contributed by atoms with Gasteiger partial charge in [-0.25, -0.2) is 0 Å². The number of hydrogen-bond donors (Lipinski definition) is 0. The molecule has 3 heteroatoms. The van der Waals surface area contributed by atoms with Crippen molar-refractivity contribution in [2.75, 3.05) is 6.54 Å². The van der Waals surface area contributed by atoms with Gasteiger partial charge in [-0.1, -0.05) is 37.3 Å². The third-order valence-electron chi connectivity index (χ3n) is 3.40. The summed E-state index contributed by atoms with van der Waals surface area (Å²) in [5, 5.41) is 0. The average Bonchev–Trinajstić information content (AvgIpc) is 2.88. The minimum atomic E-state index is -0.244. The normalized spacial score (nSPS) is 18.9. The second kappa shape index (κ2) is 5.80. The second-order valence-corrected chi connectivity index (χ2v) is 4.73. The molecule has 1 aliphatic rings. The van der Waals surface area contributed by atoms with Crippen LogP contribution in [0.1, 0.15) is 43.0 Å². The van der Waals surface area contributed by atoms with Gasteiger partial charge in [0, 0.05) is 18.5 Å². The molecule has 18 heavy (non-hydrogen) atoms. The number of hydrogen-bond acceptors (Lipinski definition) is 2. The fraction of sp³-hybridized carbons (Fsp3) is 0.467. The van der Waals surface area contributed by atoms with E-state index < -0.39 is 0 Å². The number of amides is 1. The van der Waals surface area contributed by atoms with Crippen LogP contribution in [0.25, 0.3) is 0 Å². The Labute approximate surface area is 108 Å². The molecule has 1 amide bonds. The lowest BCUT2D eigenvalue weighted by atomic mass is 10.0. The molecule has 0 spiro atoms. The molecular weight excluding hydrogens is 226 g/mol. The zero-order chi connectivity index (χ0) is 13.0. The molecule has 0 aromatic heterocycles. The molecule has 96 valence electrons. The van der Waals surface area contributed by atoms with Gasteiger partial charge in [0.2, 0.25) is 5.91 Å². The van der Waals surface area contributed by atoms with Crippen LogP contribution in [-0.2, 0) is 4.79 Å². The molecule has 0 aliphatic carbocycles. The SMILES string of the molecule is CCCC(=O)N1CCCC1C(=O)c1ccccc1. The van der Waals surface area contributed by atoms with E-state index in [1.807, 2.05) is 37.3 Å². The van der Waals surface area contributed by atoms with Crippen molar-refractivity contribution >= 4 is 11.7 Å². The predicted molar refractivity (Wildman–Crippen MR) is 70.4 cm³/mol. The van der Waals surface area contributed by atoms with Gasteiger partial charge in [0.25, 0.3) is 0 Å². The van der Waals surface area contributed by atoms with E-state index in [0.29, 0.717) is 12.0 Å². The van der Waals surface area contributed by atoms with Crippen molar-refractivity contribution in [2.45, 2.75) is 38.6 Å². The molecule has 0 radical (unpaired) electrons. The van der Waals surface area contributed by atoms with Crippen LogP contribution in [0.2, 0.25) is 0 Å². The standard InChI is InChI=1S/C15H19NO2/c1-2-7-14(17)16-11-6-10-13(16)15(18)12-8-4-3-5-9-12/h3-5,8-9,13H,2,6-7,10-11H2,1H3. The number of nitrogens with zero attached hydrogens (tertiary/aromatic N) is 1. The van der Waals surface area contributed by atoms with E-state index in [4.69, 9.17) is 0 Å². The molecule has 1 aliphatic heterocycles. The zero-order valence-corrected chi connectivity index (χ0v) is 10.8. The molecule has 0 bridgehead atoms. The molecule has 1 aromatic rings. The molecule has 1 saturated heterocycles. The van der Waals surface area contributed by atoms with Gasteiger partial charge < -0.3 is 4.90 Å². The van der Waals surface area contributed by atoms with Gasteiger partial charge in [-0.05, 0) is 19.3 Å². The fourth-order valence-electron chi connectivity index (χ4n) is 2.49. The van der Waals surface area contributed by atoms with E-state index in [-0.39, 0.29) is 17.7 Å². The Morgan fingerprint density at radius 2 is 2.00 bits per heavy atom. The Morgan fingerprint density at radius 1 is 1.28 bits per heavy atom. The number of Topliss-reactive ketones (excluding diaryl/α,β-unsaturated/α-hetero) is 1. The van der Waals surface area contributed by atoms with Crippen LogP contribution in [0, 0.1) is 0 Å². The first-order valence-corrected chi connectivity index (χ1v) is 6.62. The lowest BCUT2D eigenvalue weighted by Gasteiger charge is -2.23. The number of ketones is 1. The second-order valence-electron chi connectivity index (χ2n) is 4.73.